The molecule has 1 saturated heterocycles. The molecule has 0 aliphatic carbocycles. The van der Waals surface area contributed by atoms with Gasteiger partial charge in [0.1, 0.15) is 23.6 Å². The second-order valence-corrected chi connectivity index (χ2v) is 6.86. The summed E-state index contributed by atoms with van der Waals surface area (Å²) in [6.45, 7) is 1.49. The van der Waals surface area contributed by atoms with Crippen molar-refractivity contribution >= 4 is 32.7 Å². The molecule has 1 aliphatic rings. The Labute approximate surface area is 148 Å². The third-order valence-corrected chi connectivity index (χ3v) is 4.82. The van der Waals surface area contributed by atoms with Crippen molar-refractivity contribution in [3.63, 3.8) is 0 Å². The highest BCUT2D eigenvalue weighted by atomic mass is 79.9. The van der Waals surface area contributed by atoms with Crippen LogP contribution in [-0.2, 0) is 11.3 Å². The highest BCUT2D eigenvalue weighted by Gasteiger charge is 2.30. The molecule has 0 saturated carbocycles. The largest absolute Gasteiger partial charge is 0.461 e. The molecule has 4 rings (SSSR count). The lowest BCUT2D eigenvalue weighted by molar-refractivity contribution is 0.162. The summed E-state index contributed by atoms with van der Waals surface area (Å²) in [5.41, 5.74) is 2.93. The van der Waals surface area contributed by atoms with Crippen molar-refractivity contribution in [1.82, 2.24) is 9.97 Å². The van der Waals surface area contributed by atoms with Gasteiger partial charge in [-0.05, 0) is 53.0 Å². The highest BCUT2D eigenvalue weighted by molar-refractivity contribution is 9.10. The molecule has 0 N–H and O–H groups in total. The molecule has 4 heterocycles. The molecule has 0 amide bonds. The summed E-state index contributed by atoms with van der Waals surface area (Å²) >= 11 is 3.46. The van der Waals surface area contributed by atoms with Crippen LogP contribution in [0.3, 0.4) is 0 Å². The number of nitrogens with zero attached hydrogens (tertiary/aromatic N) is 3. The third kappa shape index (κ3) is 2.80. The quantitative estimate of drug-likeness (QED) is 0.660. The van der Waals surface area contributed by atoms with E-state index in [1.807, 2.05) is 30.6 Å². The lowest BCUT2D eigenvalue weighted by Crippen LogP contribution is -2.22. The van der Waals surface area contributed by atoms with Crippen LogP contribution in [0.2, 0.25) is 0 Å². The molecule has 1 aliphatic heterocycles. The van der Waals surface area contributed by atoms with Crippen LogP contribution in [0.1, 0.15) is 30.4 Å². The summed E-state index contributed by atoms with van der Waals surface area (Å²) in [4.78, 5) is 11.4. The molecule has 0 bridgehead atoms. The van der Waals surface area contributed by atoms with E-state index in [0.717, 1.165) is 52.1 Å². The molecule has 0 spiro atoms. The summed E-state index contributed by atoms with van der Waals surface area (Å²) in [6.07, 6.45) is 5.87. The minimum absolute atomic E-state index is 0.228. The number of fused-ring (bicyclic) bond motifs is 1. The van der Waals surface area contributed by atoms with E-state index in [1.54, 1.807) is 7.11 Å². The van der Waals surface area contributed by atoms with Crippen LogP contribution in [0.4, 0.5) is 5.69 Å². The number of hydrogen-bond donors (Lipinski definition) is 0. The van der Waals surface area contributed by atoms with Crippen molar-refractivity contribution in [1.29, 1.82) is 0 Å². The fourth-order valence-electron chi connectivity index (χ4n) is 3.37. The first-order valence-electron chi connectivity index (χ1n) is 8.00. The SMILES string of the molecule is COCc1ccc(C2CCCN2c2ccnc3cc(Br)cnc23)o1. The molecule has 5 nitrogen and oxygen atoms in total. The predicted molar refractivity (Wildman–Crippen MR) is 96.0 cm³/mol. The van der Waals surface area contributed by atoms with E-state index in [9.17, 15) is 0 Å². The number of anilines is 1. The molecule has 124 valence electrons. The summed E-state index contributed by atoms with van der Waals surface area (Å²) in [6, 6.07) is 8.33. The first-order valence-corrected chi connectivity index (χ1v) is 8.80. The van der Waals surface area contributed by atoms with Gasteiger partial charge in [0.25, 0.3) is 0 Å². The first kappa shape index (κ1) is 15.6. The van der Waals surface area contributed by atoms with Gasteiger partial charge in [-0.15, -0.1) is 0 Å². The van der Waals surface area contributed by atoms with Gasteiger partial charge in [0.05, 0.1) is 17.2 Å². The zero-order valence-corrected chi connectivity index (χ0v) is 15.0. The van der Waals surface area contributed by atoms with E-state index in [-0.39, 0.29) is 6.04 Å². The second-order valence-electron chi connectivity index (χ2n) is 5.94. The Hall–Kier alpha value is -1.92. The van der Waals surface area contributed by atoms with Crippen molar-refractivity contribution in [2.24, 2.45) is 0 Å². The molecule has 24 heavy (non-hydrogen) atoms. The van der Waals surface area contributed by atoms with Crippen LogP contribution in [0.15, 0.2) is 45.5 Å². The van der Waals surface area contributed by atoms with E-state index in [2.05, 4.69) is 36.9 Å². The fraction of sp³-hybridized carbons (Fsp3) is 0.333. The number of methoxy groups -OCH3 is 1. The van der Waals surface area contributed by atoms with E-state index in [0.29, 0.717) is 6.61 Å². The van der Waals surface area contributed by atoms with Gasteiger partial charge in [-0.3, -0.25) is 9.97 Å². The maximum atomic E-state index is 5.98. The minimum Gasteiger partial charge on any atom is -0.461 e. The van der Waals surface area contributed by atoms with Crippen molar-refractivity contribution < 1.29 is 9.15 Å². The van der Waals surface area contributed by atoms with E-state index in [1.165, 1.54) is 0 Å². The topological polar surface area (TPSA) is 51.4 Å². The monoisotopic (exact) mass is 387 g/mol. The predicted octanol–water partition coefficient (Wildman–Crippen LogP) is 4.47. The Morgan fingerprint density at radius 1 is 1.33 bits per heavy atom. The lowest BCUT2D eigenvalue weighted by Gasteiger charge is -2.26. The van der Waals surface area contributed by atoms with E-state index in [4.69, 9.17) is 9.15 Å². The number of rotatable bonds is 4. The smallest absolute Gasteiger partial charge is 0.129 e. The molecular formula is C18H18BrN3O2. The summed E-state index contributed by atoms with van der Waals surface area (Å²) in [7, 11) is 1.68. The van der Waals surface area contributed by atoms with Gasteiger partial charge in [0, 0.05) is 30.5 Å². The standard InChI is InChI=1S/C18H18BrN3O2/c1-23-11-13-4-5-17(24-13)15-3-2-8-22(15)16-6-7-20-14-9-12(19)10-21-18(14)16/h4-7,9-10,15H,2-3,8,11H2,1H3. The molecular weight excluding hydrogens is 370 g/mol. The van der Waals surface area contributed by atoms with Crippen molar-refractivity contribution in [3.8, 4) is 0 Å². The van der Waals surface area contributed by atoms with Gasteiger partial charge in [-0.25, -0.2) is 0 Å². The molecule has 1 unspecified atom stereocenters. The van der Waals surface area contributed by atoms with Crippen LogP contribution in [0.25, 0.3) is 11.0 Å². The Balaban J connectivity index is 1.72. The third-order valence-electron chi connectivity index (χ3n) is 4.38. The van der Waals surface area contributed by atoms with Gasteiger partial charge in [-0.2, -0.15) is 0 Å². The average molecular weight is 388 g/mol. The Kier molecular flexibility index (Phi) is 4.24. The first-order chi connectivity index (χ1) is 11.8. The molecule has 6 heteroatoms. The molecule has 3 aromatic heterocycles. The van der Waals surface area contributed by atoms with Gasteiger partial charge < -0.3 is 14.1 Å². The number of aromatic nitrogens is 2. The van der Waals surface area contributed by atoms with Crippen LogP contribution < -0.4 is 4.90 Å². The molecule has 1 atom stereocenters. The summed E-state index contributed by atoms with van der Waals surface area (Å²) in [5.74, 6) is 1.85. The zero-order chi connectivity index (χ0) is 16.5. The average Bonchev–Trinajstić information content (AvgIpc) is 3.23. The number of ether oxygens (including phenoxy) is 1. The number of halogens is 1. The fourth-order valence-corrected chi connectivity index (χ4v) is 3.69. The van der Waals surface area contributed by atoms with Crippen LogP contribution >= 0.6 is 15.9 Å². The Morgan fingerprint density at radius 2 is 2.25 bits per heavy atom. The molecule has 0 radical (unpaired) electrons. The maximum absolute atomic E-state index is 5.98. The van der Waals surface area contributed by atoms with Crippen molar-refractivity contribution in [3.05, 3.63) is 52.7 Å². The van der Waals surface area contributed by atoms with Crippen molar-refractivity contribution in [2.75, 3.05) is 18.6 Å². The van der Waals surface area contributed by atoms with E-state index < -0.39 is 0 Å². The molecule has 3 aromatic rings. The van der Waals surface area contributed by atoms with Gasteiger partial charge in [0.15, 0.2) is 0 Å². The zero-order valence-electron chi connectivity index (χ0n) is 13.4. The Bertz CT molecular complexity index is 864. The second kappa shape index (κ2) is 6.53. The number of furan rings is 1. The lowest BCUT2D eigenvalue weighted by atomic mass is 10.1. The molecule has 0 aromatic carbocycles. The van der Waals surface area contributed by atoms with Crippen LogP contribution in [0, 0.1) is 0 Å². The number of pyridine rings is 2. The number of hydrogen-bond acceptors (Lipinski definition) is 5. The summed E-state index contributed by atoms with van der Waals surface area (Å²) in [5, 5.41) is 0. The normalized spacial score (nSPS) is 17.8. The van der Waals surface area contributed by atoms with Gasteiger partial charge in [-0.1, -0.05) is 0 Å². The van der Waals surface area contributed by atoms with E-state index >= 15 is 0 Å². The van der Waals surface area contributed by atoms with Crippen molar-refractivity contribution in [2.45, 2.75) is 25.5 Å². The highest BCUT2D eigenvalue weighted by Crippen LogP contribution is 2.39. The van der Waals surface area contributed by atoms with Gasteiger partial charge in [0.2, 0.25) is 0 Å². The molecule has 1 fully saturated rings. The van der Waals surface area contributed by atoms with Gasteiger partial charge >= 0.3 is 0 Å². The van der Waals surface area contributed by atoms with Crippen LogP contribution in [-0.4, -0.2) is 23.6 Å². The maximum Gasteiger partial charge on any atom is 0.129 e. The summed E-state index contributed by atoms with van der Waals surface area (Å²) < 4.78 is 12.1. The van der Waals surface area contributed by atoms with Crippen LogP contribution in [0.5, 0.6) is 0 Å². The minimum atomic E-state index is 0.228. The Morgan fingerprint density at radius 3 is 3.12 bits per heavy atom.